The Labute approximate surface area is 170 Å². The number of halogens is 1. The van der Waals surface area contributed by atoms with E-state index in [-0.39, 0.29) is 24.1 Å². The highest BCUT2D eigenvalue weighted by molar-refractivity contribution is 5.98. The molecule has 2 heterocycles. The average Bonchev–Trinajstić information content (AvgIpc) is 3.33. The number of carbonyl (C=O) groups excluding carboxylic acids is 2. The molecule has 1 N–H and O–H groups in total. The molecule has 0 bridgehead atoms. The van der Waals surface area contributed by atoms with Crippen molar-refractivity contribution in [2.24, 2.45) is 5.92 Å². The standard InChI is InChI=1S/C23H26FN3O2/c1-15-13-18(27-11-3-4-12-27)9-10-20(15)25-23(29)19-14-21(28)26(2)22(19)16-5-7-17(24)8-6-16/h5-10,13,19,22H,3-4,11-12,14H2,1-2H3,(H,25,29). The van der Waals surface area contributed by atoms with Crippen LogP contribution in [-0.4, -0.2) is 36.9 Å². The van der Waals surface area contributed by atoms with Gasteiger partial charge in [0, 0.05) is 37.9 Å². The first-order valence-corrected chi connectivity index (χ1v) is 10.1. The second-order valence-corrected chi connectivity index (χ2v) is 7.99. The summed E-state index contributed by atoms with van der Waals surface area (Å²) in [6.07, 6.45) is 2.58. The van der Waals surface area contributed by atoms with E-state index in [1.165, 1.54) is 30.7 Å². The third kappa shape index (κ3) is 3.84. The van der Waals surface area contributed by atoms with Crippen molar-refractivity contribution in [2.75, 3.05) is 30.4 Å². The maximum absolute atomic E-state index is 13.3. The Morgan fingerprint density at radius 2 is 1.79 bits per heavy atom. The van der Waals surface area contributed by atoms with Crippen LogP contribution in [0.15, 0.2) is 42.5 Å². The van der Waals surface area contributed by atoms with Crippen LogP contribution in [0.25, 0.3) is 0 Å². The zero-order valence-electron chi connectivity index (χ0n) is 16.8. The predicted octanol–water partition coefficient (Wildman–Crippen LogP) is 3.89. The van der Waals surface area contributed by atoms with E-state index < -0.39 is 12.0 Å². The van der Waals surface area contributed by atoms with Gasteiger partial charge in [-0.05, 0) is 61.2 Å². The van der Waals surface area contributed by atoms with Crippen molar-refractivity contribution in [3.63, 3.8) is 0 Å². The molecule has 2 saturated heterocycles. The maximum Gasteiger partial charge on any atom is 0.230 e. The van der Waals surface area contributed by atoms with Gasteiger partial charge in [-0.15, -0.1) is 0 Å². The minimum absolute atomic E-state index is 0.0828. The van der Waals surface area contributed by atoms with E-state index in [2.05, 4.69) is 16.3 Å². The highest BCUT2D eigenvalue weighted by atomic mass is 19.1. The molecule has 5 nitrogen and oxygen atoms in total. The van der Waals surface area contributed by atoms with Crippen molar-refractivity contribution in [1.82, 2.24) is 4.90 Å². The minimum atomic E-state index is -0.518. The third-order valence-corrected chi connectivity index (χ3v) is 6.07. The van der Waals surface area contributed by atoms with Gasteiger partial charge in [0.2, 0.25) is 11.8 Å². The number of anilines is 2. The van der Waals surface area contributed by atoms with Crippen LogP contribution >= 0.6 is 0 Å². The SMILES string of the molecule is Cc1cc(N2CCCC2)ccc1NC(=O)C1CC(=O)N(C)C1c1ccc(F)cc1. The first kappa shape index (κ1) is 19.4. The molecule has 0 spiro atoms. The topological polar surface area (TPSA) is 52.7 Å². The van der Waals surface area contributed by atoms with Crippen LogP contribution < -0.4 is 10.2 Å². The molecule has 2 aliphatic rings. The van der Waals surface area contributed by atoms with Gasteiger partial charge in [-0.2, -0.15) is 0 Å². The first-order chi connectivity index (χ1) is 13.9. The van der Waals surface area contributed by atoms with E-state index in [9.17, 15) is 14.0 Å². The molecule has 6 heteroatoms. The molecule has 4 rings (SSSR count). The number of nitrogens with one attached hydrogen (secondary N) is 1. The Kier molecular flexibility index (Phi) is 5.26. The number of hydrogen-bond acceptors (Lipinski definition) is 3. The second-order valence-electron chi connectivity index (χ2n) is 7.99. The fraction of sp³-hybridized carbons (Fsp3) is 0.391. The maximum atomic E-state index is 13.3. The van der Waals surface area contributed by atoms with Gasteiger partial charge < -0.3 is 15.1 Å². The predicted molar refractivity (Wildman–Crippen MR) is 111 cm³/mol. The molecule has 2 amide bonds. The summed E-state index contributed by atoms with van der Waals surface area (Å²) in [4.78, 5) is 29.3. The number of rotatable bonds is 4. The van der Waals surface area contributed by atoms with Gasteiger partial charge in [0.05, 0.1) is 12.0 Å². The lowest BCUT2D eigenvalue weighted by Crippen LogP contribution is -2.30. The summed E-state index contributed by atoms with van der Waals surface area (Å²) in [7, 11) is 1.69. The molecule has 0 aromatic heterocycles. The van der Waals surface area contributed by atoms with Crippen LogP contribution in [-0.2, 0) is 9.59 Å². The van der Waals surface area contributed by atoms with Crippen LogP contribution in [0, 0.1) is 18.7 Å². The molecular weight excluding hydrogens is 369 g/mol. The van der Waals surface area contributed by atoms with E-state index in [0.29, 0.717) is 0 Å². The van der Waals surface area contributed by atoms with Gasteiger partial charge in [0.1, 0.15) is 5.82 Å². The Morgan fingerprint density at radius 1 is 1.10 bits per heavy atom. The van der Waals surface area contributed by atoms with Crippen LogP contribution in [0.1, 0.15) is 36.4 Å². The number of amides is 2. The lowest BCUT2D eigenvalue weighted by atomic mass is 9.92. The average molecular weight is 395 g/mol. The van der Waals surface area contributed by atoms with Crippen LogP contribution in [0.4, 0.5) is 15.8 Å². The van der Waals surface area contributed by atoms with E-state index >= 15 is 0 Å². The Bertz CT molecular complexity index is 922. The molecule has 2 aromatic rings. The van der Waals surface area contributed by atoms with Gasteiger partial charge in [0.25, 0.3) is 0 Å². The number of aryl methyl sites for hydroxylation is 1. The van der Waals surface area contributed by atoms with Crippen molar-refractivity contribution in [1.29, 1.82) is 0 Å². The fourth-order valence-corrected chi connectivity index (χ4v) is 4.41. The quantitative estimate of drug-likeness (QED) is 0.855. The second kappa shape index (κ2) is 7.85. The largest absolute Gasteiger partial charge is 0.372 e. The number of nitrogens with zero attached hydrogens (tertiary/aromatic N) is 2. The highest BCUT2D eigenvalue weighted by Crippen LogP contribution is 2.38. The summed E-state index contributed by atoms with van der Waals surface area (Å²) in [5.74, 6) is -1.12. The normalized spacial score (nSPS) is 21.7. The van der Waals surface area contributed by atoms with E-state index in [4.69, 9.17) is 0 Å². The number of hydrogen-bond donors (Lipinski definition) is 1. The summed E-state index contributed by atoms with van der Waals surface area (Å²) in [5.41, 5.74) is 3.70. The zero-order chi connectivity index (χ0) is 20.5. The van der Waals surface area contributed by atoms with Crippen molar-refractivity contribution in [3.05, 3.63) is 59.4 Å². The smallest absolute Gasteiger partial charge is 0.230 e. The third-order valence-electron chi connectivity index (χ3n) is 6.07. The summed E-state index contributed by atoms with van der Waals surface area (Å²) in [6, 6.07) is 11.7. The van der Waals surface area contributed by atoms with Crippen molar-refractivity contribution in [2.45, 2.75) is 32.2 Å². The Hall–Kier alpha value is -2.89. The molecule has 2 unspecified atom stereocenters. The highest BCUT2D eigenvalue weighted by Gasteiger charge is 2.42. The van der Waals surface area contributed by atoms with E-state index in [0.717, 1.165) is 29.9 Å². The molecule has 0 radical (unpaired) electrons. The van der Waals surface area contributed by atoms with Crippen LogP contribution in [0.5, 0.6) is 0 Å². The summed E-state index contributed by atoms with van der Waals surface area (Å²) in [6.45, 7) is 4.13. The molecule has 2 aliphatic heterocycles. The molecular formula is C23H26FN3O2. The first-order valence-electron chi connectivity index (χ1n) is 10.1. The number of benzene rings is 2. The summed E-state index contributed by atoms with van der Waals surface area (Å²) >= 11 is 0. The van der Waals surface area contributed by atoms with Crippen LogP contribution in [0.2, 0.25) is 0 Å². The zero-order valence-corrected chi connectivity index (χ0v) is 16.8. The number of likely N-dealkylation sites (tertiary alicyclic amines) is 1. The van der Waals surface area contributed by atoms with E-state index in [1.54, 1.807) is 24.1 Å². The molecule has 2 aromatic carbocycles. The van der Waals surface area contributed by atoms with Crippen LogP contribution in [0.3, 0.4) is 0 Å². The Balaban J connectivity index is 1.53. The Morgan fingerprint density at radius 3 is 2.45 bits per heavy atom. The van der Waals surface area contributed by atoms with Crippen molar-refractivity contribution in [3.8, 4) is 0 Å². The molecule has 0 aliphatic carbocycles. The number of carbonyl (C=O) groups is 2. The van der Waals surface area contributed by atoms with Crippen molar-refractivity contribution >= 4 is 23.2 Å². The lowest BCUT2D eigenvalue weighted by molar-refractivity contribution is -0.127. The molecule has 2 atom stereocenters. The minimum Gasteiger partial charge on any atom is -0.372 e. The van der Waals surface area contributed by atoms with Gasteiger partial charge in [0.15, 0.2) is 0 Å². The van der Waals surface area contributed by atoms with Gasteiger partial charge in [-0.3, -0.25) is 9.59 Å². The van der Waals surface area contributed by atoms with Gasteiger partial charge in [-0.25, -0.2) is 4.39 Å². The van der Waals surface area contributed by atoms with E-state index in [1.807, 2.05) is 19.1 Å². The molecule has 152 valence electrons. The fourth-order valence-electron chi connectivity index (χ4n) is 4.41. The summed E-state index contributed by atoms with van der Waals surface area (Å²) < 4.78 is 13.3. The van der Waals surface area contributed by atoms with Gasteiger partial charge >= 0.3 is 0 Å². The monoisotopic (exact) mass is 395 g/mol. The van der Waals surface area contributed by atoms with Gasteiger partial charge in [-0.1, -0.05) is 12.1 Å². The summed E-state index contributed by atoms with van der Waals surface area (Å²) in [5, 5.41) is 3.01. The molecule has 29 heavy (non-hydrogen) atoms. The van der Waals surface area contributed by atoms with Crippen molar-refractivity contribution < 1.29 is 14.0 Å². The molecule has 0 saturated carbocycles. The lowest BCUT2D eigenvalue weighted by Gasteiger charge is -2.25. The molecule has 2 fully saturated rings.